The molecule has 4 heteroatoms. The van der Waals surface area contributed by atoms with E-state index in [4.69, 9.17) is 11.6 Å². The number of halogens is 2. The summed E-state index contributed by atoms with van der Waals surface area (Å²) in [4.78, 5) is 12.0. The monoisotopic (exact) mass is 272 g/mol. The van der Waals surface area contributed by atoms with Gasteiger partial charge in [-0.3, -0.25) is 4.79 Å². The molecular formula is C13H14ClFOS. The molecule has 1 aromatic carbocycles. The van der Waals surface area contributed by atoms with Crippen molar-refractivity contribution in [1.82, 2.24) is 0 Å². The highest BCUT2D eigenvalue weighted by Gasteiger charge is 2.22. The fraction of sp³-hybridized carbons (Fsp3) is 0.462. The minimum absolute atomic E-state index is 0.0436. The van der Waals surface area contributed by atoms with Crippen LogP contribution in [0.4, 0.5) is 4.39 Å². The van der Waals surface area contributed by atoms with Crippen LogP contribution in [0, 0.1) is 5.82 Å². The molecule has 0 spiro atoms. The van der Waals surface area contributed by atoms with Crippen LogP contribution in [0.1, 0.15) is 24.8 Å². The summed E-state index contributed by atoms with van der Waals surface area (Å²) in [6.07, 6.45) is 3.36. The summed E-state index contributed by atoms with van der Waals surface area (Å²) in [6.45, 7) is 0. The van der Waals surface area contributed by atoms with Crippen molar-refractivity contribution in [1.29, 1.82) is 0 Å². The topological polar surface area (TPSA) is 17.1 Å². The van der Waals surface area contributed by atoms with Crippen LogP contribution in [0.15, 0.2) is 18.2 Å². The number of rotatable bonds is 3. The smallest absolute Gasteiger partial charge is 0.150 e. The van der Waals surface area contributed by atoms with E-state index in [0.29, 0.717) is 5.56 Å². The first-order valence-electron chi connectivity index (χ1n) is 5.75. The zero-order valence-corrected chi connectivity index (χ0v) is 11.0. The van der Waals surface area contributed by atoms with Gasteiger partial charge in [-0.1, -0.05) is 30.2 Å². The first kappa shape index (κ1) is 12.9. The first-order chi connectivity index (χ1) is 8.18. The predicted molar refractivity (Wildman–Crippen MR) is 70.2 cm³/mol. The van der Waals surface area contributed by atoms with Crippen molar-refractivity contribution in [3.63, 3.8) is 0 Å². The lowest BCUT2D eigenvalue weighted by Crippen LogP contribution is -2.23. The first-order valence-corrected chi connectivity index (χ1v) is 7.18. The molecule has 1 aliphatic heterocycles. The zero-order valence-electron chi connectivity index (χ0n) is 9.42. The summed E-state index contributed by atoms with van der Waals surface area (Å²) >= 11 is 7.39. The SMILES string of the molecule is O=C(Cc1cccc(Cl)c1F)C1CCCCS1. The largest absolute Gasteiger partial charge is 0.298 e. The lowest BCUT2D eigenvalue weighted by molar-refractivity contribution is -0.118. The van der Waals surface area contributed by atoms with Crippen molar-refractivity contribution in [2.24, 2.45) is 0 Å². The van der Waals surface area contributed by atoms with Gasteiger partial charge in [-0.25, -0.2) is 4.39 Å². The minimum atomic E-state index is -0.455. The van der Waals surface area contributed by atoms with Crippen molar-refractivity contribution < 1.29 is 9.18 Å². The van der Waals surface area contributed by atoms with Crippen molar-refractivity contribution in [2.75, 3.05) is 5.75 Å². The van der Waals surface area contributed by atoms with Gasteiger partial charge in [0, 0.05) is 6.42 Å². The third-order valence-electron chi connectivity index (χ3n) is 2.94. The van der Waals surface area contributed by atoms with Crippen LogP contribution in [0.2, 0.25) is 5.02 Å². The second kappa shape index (κ2) is 5.87. The van der Waals surface area contributed by atoms with Crippen LogP contribution < -0.4 is 0 Å². The Kier molecular flexibility index (Phi) is 4.46. The van der Waals surface area contributed by atoms with E-state index in [1.807, 2.05) is 0 Å². The number of ketones is 1. The third-order valence-corrected chi connectivity index (χ3v) is 4.65. The summed E-state index contributed by atoms with van der Waals surface area (Å²) < 4.78 is 13.6. The Hall–Kier alpha value is -0.540. The van der Waals surface area contributed by atoms with Gasteiger partial charge in [0.2, 0.25) is 0 Å². The lowest BCUT2D eigenvalue weighted by atomic mass is 10.0. The highest BCUT2D eigenvalue weighted by Crippen LogP contribution is 2.27. The Morgan fingerprint density at radius 2 is 2.29 bits per heavy atom. The Morgan fingerprint density at radius 3 is 3.00 bits per heavy atom. The van der Waals surface area contributed by atoms with Gasteiger partial charge in [0.15, 0.2) is 0 Å². The molecule has 17 heavy (non-hydrogen) atoms. The fourth-order valence-corrected chi connectivity index (χ4v) is 3.43. The molecule has 0 amide bonds. The number of carbonyl (C=O) groups excluding carboxylic acids is 1. The Morgan fingerprint density at radius 1 is 1.47 bits per heavy atom. The van der Waals surface area contributed by atoms with Crippen LogP contribution in [0.3, 0.4) is 0 Å². The lowest BCUT2D eigenvalue weighted by Gasteiger charge is -2.20. The summed E-state index contributed by atoms with van der Waals surface area (Å²) in [7, 11) is 0. The highest BCUT2D eigenvalue weighted by molar-refractivity contribution is 8.00. The highest BCUT2D eigenvalue weighted by atomic mass is 35.5. The summed E-state index contributed by atoms with van der Waals surface area (Å²) in [5.41, 5.74) is 0.411. The third kappa shape index (κ3) is 3.23. The Labute approximate surface area is 110 Å². The fourth-order valence-electron chi connectivity index (χ4n) is 1.98. The number of carbonyl (C=O) groups is 1. The normalized spacial score (nSPS) is 20.2. The van der Waals surface area contributed by atoms with Crippen molar-refractivity contribution in [2.45, 2.75) is 30.9 Å². The van der Waals surface area contributed by atoms with E-state index < -0.39 is 5.82 Å². The molecule has 0 N–H and O–H groups in total. The number of Topliss-reactive ketones (excluding diaryl/α,β-unsaturated/α-hetero) is 1. The van der Waals surface area contributed by atoms with Gasteiger partial charge >= 0.3 is 0 Å². The molecule has 1 aliphatic rings. The van der Waals surface area contributed by atoms with E-state index in [9.17, 15) is 9.18 Å². The Balaban J connectivity index is 2.04. The number of benzene rings is 1. The predicted octanol–water partition coefficient (Wildman–Crippen LogP) is 3.88. The van der Waals surface area contributed by atoms with E-state index in [-0.39, 0.29) is 22.5 Å². The maximum absolute atomic E-state index is 13.6. The maximum atomic E-state index is 13.6. The molecule has 1 nitrogen and oxygen atoms in total. The maximum Gasteiger partial charge on any atom is 0.150 e. The Bertz CT molecular complexity index is 416. The average molecular weight is 273 g/mol. The van der Waals surface area contributed by atoms with Gasteiger partial charge in [0.1, 0.15) is 11.6 Å². The van der Waals surface area contributed by atoms with E-state index in [2.05, 4.69) is 0 Å². The van der Waals surface area contributed by atoms with E-state index in [0.717, 1.165) is 18.6 Å². The summed E-state index contributed by atoms with van der Waals surface area (Å²) in [5, 5.41) is 0.133. The molecule has 0 aliphatic carbocycles. The van der Waals surface area contributed by atoms with Gasteiger partial charge in [0.25, 0.3) is 0 Å². The minimum Gasteiger partial charge on any atom is -0.298 e. The van der Waals surface area contributed by atoms with E-state index in [1.54, 1.807) is 23.9 Å². The van der Waals surface area contributed by atoms with Crippen molar-refractivity contribution >= 4 is 29.1 Å². The molecule has 92 valence electrons. The van der Waals surface area contributed by atoms with Crippen molar-refractivity contribution in [3.8, 4) is 0 Å². The number of hydrogen-bond acceptors (Lipinski definition) is 2. The molecular weight excluding hydrogens is 259 g/mol. The summed E-state index contributed by atoms with van der Waals surface area (Å²) in [5.74, 6) is 0.702. The second-order valence-corrected chi connectivity index (χ2v) is 5.93. The van der Waals surface area contributed by atoms with Crippen LogP contribution in [0.5, 0.6) is 0 Å². The van der Waals surface area contributed by atoms with Gasteiger partial charge in [-0.15, -0.1) is 0 Å². The van der Waals surface area contributed by atoms with Crippen LogP contribution in [-0.2, 0) is 11.2 Å². The molecule has 2 rings (SSSR count). The van der Waals surface area contributed by atoms with E-state index >= 15 is 0 Å². The molecule has 1 unspecified atom stereocenters. The van der Waals surface area contributed by atoms with Crippen LogP contribution in [-0.4, -0.2) is 16.8 Å². The molecule has 0 radical (unpaired) electrons. The van der Waals surface area contributed by atoms with Gasteiger partial charge < -0.3 is 0 Å². The standard InChI is InChI=1S/C13H14ClFOS/c14-10-5-3-4-9(13(10)15)8-11(16)12-6-1-2-7-17-12/h3-5,12H,1-2,6-8H2. The molecule has 1 aromatic rings. The average Bonchev–Trinajstić information content (AvgIpc) is 2.36. The van der Waals surface area contributed by atoms with Crippen LogP contribution >= 0.6 is 23.4 Å². The molecule has 1 fully saturated rings. The number of hydrogen-bond donors (Lipinski definition) is 0. The molecule has 0 saturated carbocycles. The number of thioether (sulfide) groups is 1. The van der Waals surface area contributed by atoms with Gasteiger partial charge in [-0.2, -0.15) is 11.8 Å². The summed E-state index contributed by atoms with van der Waals surface area (Å²) in [6, 6.07) is 4.81. The second-order valence-electron chi connectivity index (χ2n) is 4.21. The molecule has 0 aromatic heterocycles. The van der Waals surface area contributed by atoms with Crippen LogP contribution in [0.25, 0.3) is 0 Å². The molecule has 0 bridgehead atoms. The molecule has 1 saturated heterocycles. The van der Waals surface area contributed by atoms with E-state index in [1.165, 1.54) is 12.5 Å². The zero-order chi connectivity index (χ0) is 12.3. The molecule has 1 atom stereocenters. The quantitative estimate of drug-likeness (QED) is 0.831. The van der Waals surface area contributed by atoms with Gasteiger partial charge in [-0.05, 0) is 30.2 Å². The molecule has 1 heterocycles. The van der Waals surface area contributed by atoms with Crippen molar-refractivity contribution in [3.05, 3.63) is 34.6 Å². The van der Waals surface area contributed by atoms with Gasteiger partial charge in [0.05, 0.1) is 10.3 Å².